The van der Waals surface area contributed by atoms with Crippen molar-refractivity contribution in [2.24, 2.45) is 23.2 Å². The van der Waals surface area contributed by atoms with Crippen molar-refractivity contribution in [3.8, 4) is 5.75 Å². The molecule has 4 aromatic rings. The van der Waals surface area contributed by atoms with Gasteiger partial charge in [0.05, 0.1) is 39.6 Å². The molecule has 1 aliphatic carbocycles. The number of ketones is 1. The molecule has 0 fully saturated rings. The van der Waals surface area contributed by atoms with Crippen molar-refractivity contribution < 1.29 is 23.3 Å². The SMILES string of the molecule is CC.CO[C@H]1/C=C/CCC[S@@](=O)(CC(=O)c2cc3ccccc3n2C)=NC(=O)c2ccc3c(c2)N(C[C@H](C)[C@H]1C)C[C@@]1(CCCc2cc(Cl)ccc21)CO3. The molecule has 8 nitrogen and oxygen atoms in total. The van der Waals surface area contributed by atoms with E-state index in [1.54, 1.807) is 13.2 Å². The zero-order chi connectivity index (χ0) is 38.6. The Kier molecular flexibility index (Phi) is 12.4. The Bertz CT molecular complexity index is 2170. The lowest BCUT2D eigenvalue weighted by Crippen LogP contribution is -2.47. The van der Waals surface area contributed by atoms with Crippen molar-refractivity contribution in [1.29, 1.82) is 0 Å². The second-order valence-corrected chi connectivity index (χ2v) is 17.8. The summed E-state index contributed by atoms with van der Waals surface area (Å²) in [5.74, 6) is -0.00149. The van der Waals surface area contributed by atoms with Gasteiger partial charge < -0.3 is 18.9 Å². The standard InChI is InChI=1S/C42H48ClN3O5S.C2H6/c1-28-24-46-26-42(19-10-12-30-21-33(43)16-17-34(30)42)27-51-40-18-15-32(23-37(40)46)41(48)44-52(49,20-9-5-6-14-39(50-4)29(28)2)25-38(47)36-22-31-11-7-8-13-35(31)45(36)3;1-2/h6-8,11,13-18,21-23,28-29,39H,5,9-10,12,19-20,24-27H2,1-4H3;1-2H3/b14-6+;/t28-,29+,39-,42-,52+;/m0./s1. The molecule has 2 aliphatic heterocycles. The third-order valence-electron chi connectivity index (χ3n) is 11.5. The number of rotatable bonds is 4. The highest BCUT2D eigenvalue weighted by Gasteiger charge is 2.42. The Hall–Kier alpha value is -3.92. The van der Waals surface area contributed by atoms with Crippen LogP contribution < -0.4 is 9.64 Å². The summed E-state index contributed by atoms with van der Waals surface area (Å²) < 4.78 is 33.5. The third-order valence-corrected chi connectivity index (χ3v) is 13.9. The van der Waals surface area contributed by atoms with Crippen LogP contribution in [0.1, 0.15) is 85.4 Å². The monoisotopic (exact) mass is 771 g/mol. The van der Waals surface area contributed by atoms with Crippen LogP contribution in [0.2, 0.25) is 5.02 Å². The molecule has 3 aromatic carbocycles. The number of hydrogen-bond acceptors (Lipinski definition) is 6. The molecule has 5 atom stereocenters. The molecule has 7 rings (SSSR count). The third kappa shape index (κ3) is 8.19. The highest BCUT2D eigenvalue weighted by molar-refractivity contribution is 7.94. The van der Waals surface area contributed by atoms with Crippen LogP contribution in [0.3, 0.4) is 0 Å². The Morgan fingerprint density at radius 3 is 2.65 bits per heavy atom. The first kappa shape index (κ1) is 39.8. The minimum Gasteiger partial charge on any atom is -0.490 e. The van der Waals surface area contributed by atoms with Crippen LogP contribution >= 0.6 is 11.6 Å². The fraction of sp³-hybridized carbons (Fsp3) is 0.455. The number of aryl methyl sites for hydroxylation is 2. The number of amides is 1. The minimum absolute atomic E-state index is 0.118. The van der Waals surface area contributed by atoms with Gasteiger partial charge in [-0.15, -0.1) is 0 Å². The molecule has 0 radical (unpaired) electrons. The predicted molar refractivity (Wildman–Crippen MR) is 221 cm³/mol. The first-order valence-corrected chi connectivity index (χ1v) is 21.6. The average molecular weight is 772 g/mol. The number of benzene rings is 3. The number of aromatic nitrogens is 1. The van der Waals surface area contributed by atoms with Crippen LogP contribution in [-0.4, -0.2) is 64.9 Å². The first-order valence-electron chi connectivity index (χ1n) is 19.3. The topological polar surface area (TPSA) is 90.2 Å². The maximum atomic E-state index is 14.6. The highest BCUT2D eigenvalue weighted by Crippen LogP contribution is 2.45. The van der Waals surface area contributed by atoms with Crippen molar-refractivity contribution in [3.63, 3.8) is 0 Å². The normalized spacial score (nSPS) is 26.5. The second-order valence-electron chi connectivity index (χ2n) is 15.0. The molecule has 288 valence electrons. The number of halogens is 1. The van der Waals surface area contributed by atoms with Gasteiger partial charge in [0, 0.05) is 59.9 Å². The summed E-state index contributed by atoms with van der Waals surface area (Å²) in [5, 5.41) is 1.66. The maximum absolute atomic E-state index is 14.6. The number of nitrogens with zero attached hydrogens (tertiary/aromatic N) is 3. The van der Waals surface area contributed by atoms with E-state index in [9.17, 15) is 13.8 Å². The van der Waals surface area contributed by atoms with Gasteiger partial charge >= 0.3 is 0 Å². The molecular formula is C44H54ClN3O5S. The summed E-state index contributed by atoms with van der Waals surface area (Å²) >= 11 is 6.46. The first-order chi connectivity index (χ1) is 26.0. The lowest BCUT2D eigenvalue weighted by atomic mass is 9.70. The van der Waals surface area contributed by atoms with Crippen molar-refractivity contribution in [1.82, 2.24) is 4.57 Å². The number of hydrogen-bond donors (Lipinski definition) is 0. The van der Waals surface area contributed by atoms with E-state index in [1.165, 1.54) is 11.1 Å². The van der Waals surface area contributed by atoms with E-state index in [0.29, 0.717) is 49.5 Å². The van der Waals surface area contributed by atoms with Crippen LogP contribution in [-0.2, 0) is 33.3 Å². The molecule has 54 heavy (non-hydrogen) atoms. The van der Waals surface area contributed by atoms with Gasteiger partial charge in [-0.05, 0) is 97.5 Å². The summed E-state index contributed by atoms with van der Waals surface area (Å²) in [7, 11) is 0.309. The van der Waals surface area contributed by atoms with Gasteiger partial charge in [0.15, 0.2) is 5.78 Å². The van der Waals surface area contributed by atoms with E-state index >= 15 is 0 Å². The molecule has 1 amide bonds. The molecule has 3 aliphatic rings. The zero-order valence-electron chi connectivity index (χ0n) is 32.5. The van der Waals surface area contributed by atoms with E-state index in [0.717, 1.165) is 40.9 Å². The van der Waals surface area contributed by atoms with Crippen molar-refractivity contribution >= 4 is 49.6 Å². The summed E-state index contributed by atoms with van der Waals surface area (Å²) in [6, 6.07) is 21.2. The number of para-hydroxylation sites is 1. The summed E-state index contributed by atoms with van der Waals surface area (Å²) in [5.41, 5.74) is 4.75. The molecule has 10 heteroatoms. The van der Waals surface area contributed by atoms with Crippen LogP contribution in [0, 0.1) is 11.8 Å². The highest BCUT2D eigenvalue weighted by atomic mass is 35.5. The molecule has 0 unspecified atom stereocenters. The number of carbonyl (C=O) groups excluding carboxylic acids is 2. The molecule has 0 saturated carbocycles. The number of ether oxygens (including phenoxy) is 2. The fourth-order valence-corrected chi connectivity index (χ4v) is 10.5. The van der Waals surface area contributed by atoms with Gasteiger partial charge in [0.2, 0.25) is 0 Å². The lowest BCUT2D eigenvalue weighted by molar-refractivity contribution is 0.0744. The Morgan fingerprint density at radius 2 is 1.87 bits per heavy atom. The summed E-state index contributed by atoms with van der Waals surface area (Å²) in [4.78, 5) is 30.2. The minimum atomic E-state index is -3.26. The molecule has 0 saturated heterocycles. The van der Waals surface area contributed by atoms with Crippen LogP contribution in [0.5, 0.6) is 5.75 Å². The van der Waals surface area contributed by atoms with Crippen molar-refractivity contribution in [3.05, 3.63) is 106 Å². The van der Waals surface area contributed by atoms with Crippen LogP contribution in [0.4, 0.5) is 5.69 Å². The maximum Gasteiger partial charge on any atom is 0.285 e. The van der Waals surface area contributed by atoms with Gasteiger partial charge in [0.1, 0.15) is 5.75 Å². The largest absolute Gasteiger partial charge is 0.490 e. The molecule has 1 aromatic heterocycles. The lowest BCUT2D eigenvalue weighted by Gasteiger charge is -2.42. The molecular weight excluding hydrogens is 718 g/mol. The zero-order valence-corrected chi connectivity index (χ0v) is 34.1. The van der Waals surface area contributed by atoms with Gasteiger partial charge in [-0.25, -0.2) is 4.21 Å². The van der Waals surface area contributed by atoms with Gasteiger partial charge in [-0.1, -0.05) is 75.7 Å². The summed E-state index contributed by atoms with van der Waals surface area (Å²) in [6.45, 7) is 10.4. The Labute approximate surface area is 326 Å². The predicted octanol–water partition coefficient (Wildman–Crippen LogP) is 9.46. The summed E-state index contributed by atoms with van der Waals surface area (Å²) in [6.07, 6.45) is 8.14. The number of Topliss-reactive ketones (excluding diaryl/α,β-unsaturated/α-hetero) is 1. The fourth-order valence-electron chi connectivity index (χ4n) is 8.40. The van der Waals surface area contributed by atoms with E-state index in [2.05, 4.69) is 47.4 Å². The van der Waals surface area contributed by atoms with Crippen LogP contribution in [0.15, 0.2) is 83.2 Å². The molecule has 3 heterocycles. The van der Waals surface area contributed by atoms with Crippen molar-refractivity contribution in [2.75, 3.05) is 43.2 Å². The van der Waals surface area contributed by atoms with Crippen LogP contribution in [0.25, 0.3) is 10.9 Å². The smallest absolute Gasteiger partial charge is 0.285 e. The number of allylic oxidation sites excluding steroid dienone is 1. The number of methoxy groups -OCH3 is 1. The van der Waals surface area contributed by atoms with Gasteiger partial charge in [-0.3, -0.25) is 9.59 Å². The van der Waals surface area contributed by atoms with Gasteiger partial charge in [-0.2, -0.15) is 4.36 Å². The number of anilines is 1. The van der Waals surface area contributed by atoms with E-state index in [-0.39, 0.29) is 40.6 Å². The van der Waals surface area contributed by atoms with Gasteiger partial charge in [0.25, 0.3) is 5.91 Å². The average Bonchev–Trinajstić information content (AvgIpc) is 3.43. The Balaban J connectivity index is 0.00000245. The number of fused-ring (bicyclic) bond motifs is 4. The van der Waals surface area contributed by atoms with E-state index < -0.39 is 15.6 Å². The molecule has 0 N–H and O–H groups in total. The van der Waals surface area contributed by atoms with E-state index in [4.69, 9.17) is 21.1 Å². The quantitative estimate of drug-likeness (QED) is 0.152. The van der Waals surface area contributed by atoms with E-state index in [1.807, 2.05) is 74.0 Å². The Morgan fingerprint density at radius 1 is 1.07 bits per heavy atom. The second kappa shape index (κ2) is 16.8. The number of carbonyl (C=O) groups is 2. The molecule has 1 spiro atoms. The molecule has 2 bridgehead atoms. The van der Waals surface area contributed by atoms with Crippen molar-refractivity contribution in [2.45, 2.75) is 71.3 Å².